The van der Waals surface area contributed by atoms with Crippen molar-refractivity contribution in [3.05, 3.63) is 38.9 Å². The zero-order valence-electron chi connectivity index (χ0n) is 13.0. The highest BCUT2D eigenvalue weighted by atomic mass is 35.5. The summed E-state index contributed by atoms with van der Waals surface area (Å²) in [6.45, 7) is 1.09. The summed E-state index contributed by atoms with van der Waals surface area (Å²) in [6.07, 6.45) is 7.44. The van der Waals surface area contributed by atoms with Gasteiger partial charge in [0.15, 0.2) is 0 Å². The lowest BCUT2D eigenvalue weighted by atomic mass is 10.1. The first-order chi connectivity index (χ1) is 11.1. The Bertz CT molecular complexity index is 558. The van der Waals surface area contributed by atoms with Crippen LogP contribution < -0.4 is 10.6 Å². The van der Waals surface area contributed by atoms with E-state index in [2.05, 4.69) is 10.6 Å². The molecule has 1 fully saturated rings. The topological polar surface area (TPSA) is 84.3 Å². The standard InChI is InChI=1S/C16H22ClN3O3/c17-12-7-8-15(20(22)23)14(11-12)16(21)19-10-9-18-13-5-3-1-2-4-6-13/h7-8,11,13,18H,1-6,9-10H2,(H,19,21). The molecule has 1 aliphatic rings. The minimum atomic E-state index is -0.574. The summed E-state index contributed by atoms with van der Waals surface area (Å²) in [4.78, 5) is 22.5. The van der Waals surface area contributed by atoms with E-state index in [9.17, 15) is 14.9 Å². The summed E-state index contributed by atoms with van der Waals surface area (Å²) < 4.78 is 0. The second kappa shape index (κ2) is 8.84. The summed E-state index contributed by atoms with van der Waals surface area (Å²) in [5, 5.41) is 17.4. The molecule has 1 aliphatic carbocycles. The second-order valence-corrected chi connectivity index (χ2v) is 6.25. The fraction of sp³-hybridized carbons (Fsp3) is 0.562. The average Bonchev–Trinajstić information content (AvgIpc) is 2.79. The quantitative estimate of drug-likeness (QED) is 0.360. The molecule has 1 aromatic carbocycles. The number of benzene rings is 1. The van der Waals surface area contributed by atoms with Gasteiger partial charge in [-0.1, -0.05) is 37.3 Å². The number of halogens is 1. The third-order valence-electron chi connectivity index (χ3n) is 4.10. The molecule has 1 amide bonds. The van der Waals surface area contributed by atoms with Gasteiger partial charge in [0.05, 0.1) is 4.92 Å². The van der Waals surface area contributed by atoms with E-state index in [0.717, 1.165) is 0 Å². The van der Waals surface area contributed by atoms with Gasteiger partial charge in [0.1, 0.15) is 5.56 Å². The van der Waals surface area contributed by atoms with Crippen molar-refractivity contribution in [2.75, 3.05) is 13.1 Å². The van der Waals surface area contributed by atoms with Gasteiger partial charge in [-0.3, -0.25) is 14.9 Å². The van der Waals surface area contributed by atoms with E-state index in [1.54, 1.807) is 0 Å². The highest BCUT2D eigenvalue weighted by Crippen LogP contribution is 2.22. The molecule has 0 spiro atoms. The van der Waals surface area contributed by atoms with Crippen LogP contribution in [-0.4, -0.2) is 30.0 Å². The molecule has 0 atom stereocenters. The lowest BCUT2D eigenvalue weighted by molar-refractivity contribution is -0.385. The van der Waals surface area contributed by atoms with Gasteiger partial charge in [-0.2, -0.15) is 0 Å². The van der Waals surface area contributed by atoms with Crippen LogP contribution in [0.5, 0.6) is 0 Å². The molecule has 2 N–H and O–H groups in total. The second-order valence-electron chi connectivity index (χ2n) is 5.82. The molecule has 126 valence electrons. The van der Waals surface area contributed by atoms with Crippen LogP contribution in [0.25, 0.3) is 0 Å². The Morgan fingerprint density at radius 3 is 2.57 bits per heavy atom. The minimum Gasteiger partial charge on any atom is -0.351 e. The number of carbonyl (C=O) groups excluding carboxylic acids is 1. The van der Waals surface area contributed by atoms with Crippen LogP contribution >= 0.6 is 11.6 Å². The van der Waals surface area contributed by atoms with Crippen LogP contribution in [0.3, 0.4) is 0 Å². The zero-order valence-corrected chi connectivity index (χ0v) is 13.8. The maximum atomic E-state index is 12.1. The first-order valence-corrected chi connectivity index (χ1v) is 8.41. The van der Waals surface area contributed by atoms with Gasteiger partial charge >= 0.3 is 0 Å². The largest absolute Gasteiger partial charge is 0.351 e. The number of hydrogen-bond donors (Lipinski definition) is 2. The lowest BCUT2D eigenvalue weighted by Crippen LogP contribution is -2.37. The van der Waals surface area contributed by atoms with Crippen molar-refractivity contribution in [2.24, 2.45) is 0 Å². The maximum Gasteiger partial charge on any atom is 0.282 e. The van der Waals surface area contributed by atoms with E-state index >= 15 is 0 Å². The van der Waals surface area contributed by atoms with Crippen LogP contribution in [0.15, 0.2) is 18.2 Å². The molecule has 0 radical (unpaired) electrons. The molecule has 1 saturated carbocycles. The molecule has 6 nitrogen and oxygen atoms in total. The molecule has 7 heteroatoms. The first kappa shape index (κ1) is 17.7. The summed E-state index contributed by atoms with van der Waals surface area (Å²) in [6, 6.07) is 4.49. The number of amides is 1. The Labute approximate surface area is 140 Å². The summed E-state index contributed by atoms with van der Waals surface area (Å²) in [7, 11) is 0. The summed E-state index contributed by atoms with van der Waals surface area (Å²) in [5.74, 6) is -0.470. The highest BCUT2D eigenvalue weighted by Gasteiger charge is 2.20. The third kappa shape index (κ3) is 5.48. The number of nitrogens with one attached hydrogen (secondary N) is 2. The molecule has 0 saturated heterocycles. The van der Waals surface area contributed by atoms with Crippen molar-refractivity contribution < 1.29 is 9.72 Å². The molecule has 2 rings (SSSR count). The molecule has 0 heterocycles. The molecule has 0 aromatic heterocycles. The number of nitrogens with zero attached hydrogens (tertiary/aromatic N) is 1. The van der Waals surface area contributed by atoms with E-state index < -0.39 is 10.8 Å². The van der Waals surface area contributed by atoms with Crippen LogP contribution in [0.4, 0.5) is 5.69 Å². The summed E-state index contributed by atoms with van der Waals surface area (Å²) >= 11 is 5.83. The van der Waals surface area contributed by atoms with Gasteiger partial charge in [0.25, 0.3) is 11.6 Å². The Morgan fingerprint density at radius 2 is 1.91 bits per heavy atom. The van der Waals surface area contributed by atoms with Crippen molar-refractivity contribution in [3.63, 3.8) is 0 Å². The Balaban J connectivity index is 1.83. The van der Waals surface area contributed by atoms with Gasteiger partial charge in [-0.25, -0.2) is 0 Å². The molecular formula is C16H22ClN3O3. The van der Waals surface area contributed by atoms with Crippen molar-refractivity contribution in [1.29, 1.82) is 0 Å². The smallest absolute Gasteiger partial charge is 0.282 e. The van der Waals surface area contributed by atoms with Gasteiger partial charge in [-0.05, 0) is 25.0 Å². The number of hydrogen-bond acceptors (Lipinski definition) is 4. The van der Waals surface area contributed by atoms with Gasteiger partial charge in [0, 0.05) is 30.2 Å². The Kier molecular flexibility index (Phi) is 6.80. The Morgan fingerprint density at radius 1 is 1.22 bits per heavy atom. The van der Waals surface area contributed by atoms with Gasteiger partial charge in [-0.15, -0.1) is 0 Å². The molecule has 0 aliphatic heterocycles. The van der Waals surface area contributed by atoms with Crippen molar-refractivity contribution >= 4 is 23.2 Å². The Hall–Kier alpha value is -1.66. The van der Waals surface area contributed by atoms with Crippen LogP contribution in [0.1, 0.15) is 48.9 Å². The molecule has 0 unspecified atom stereocenters. The van der Waals surface area contributed by atoms with Gasteiger partial charge in [0.2, 0.25) is 0 Å². The van der Waals surface area contributed by atoms with E-state index in [1.165, 1.54) is 56.7 Å². The first-order valence-electron chi connectivity index (χ1n) is 8.03. The van der Waals surface area contributed by atoms with E-state index in [4.69, 9.17) is 11.6 Å². The number of nitro benzene ring substituents is 1. The fourth-order valence-corrected chi connectivity index (χ4v) is 3.05. The minimum absolute atomic E-state index is 0.00281. The number of carbonyl (C=O) groups is 1. The van der Waals surface area contributed by atoms with E-state index in [0.29, 0.717) is 24.2 Å². The van der Waals surface area contributed by atoms with Crippen LogP contribution in [0.2, 0.25) is 5.02 Å². The average molecular weight is 340 g/mol. The lowest BCUT2D eigenvalue weighted by Gasteiger charge is -2.16. The zero-order chi connectivity index (χ0) is 16.7. The normalized spacial score (nSPS) is 15.9. The molecule has 1 aromatic rings. The molecule has 23 heavy (non-hydrogen) atoms. The molecule has 0 bridgehead atoms. The molecular weight excluding hydrogens is 318 g/mol. The fourth-order valence-electron chi connectivity index (χ4n) is 2.88. The highest BCUT2D eigenvalue weighted by molar-refractivity contribution is 6.31. The monoisotopic (exact) mass is 339 g/mol. The number of nitro groups is 1. The number of rotatable bonds is 6. The predicted molar refractivity (Wildman–Crippen MR) is 89.9 cm³/mol. The van der Waals surface area contributed by atoms with Crippen LogP contribution in [0, 0.1) is 10.1 Å². The van der Waals surface area contributed by atoms with Gasteiger partial charge < -0.3 is 10.6 Å². The maximum absolute atomic E-state index is 12.1. The van der Waals surface area contributed by atoms with Crippen molar-refractivity contribution in [1.82, 2.24) is 10.6 Å². The van der Waals surface area contributed by atoms with Crippen molar-refractivity contribution in [3.8, 4) is 0 Å². The van der Waals surface area contributed by atoms with Crippen LogP contribution in [-0.2, 0) is 0 Å². The third-order valence-corrected chi connectivity index (χ3v) is 4.33. The SMILES string of the molecule is O=C(NCCNC1CCCCCC1)c1cc(Cl)ccc1[N+](=O)[O-]. The van der Waals surface area contributed by atoms with Crippen molar-refractivity contribution in [2.45, 2.75) is 44.6 Å². The van der Waals surface area contributed by atoms with E-state index in [-0.39, 0.29) is 11.3 Å². The predicted octanol–water partition coefficient (Wildman–Crippen LogP) is 3.29. The van der Waals surface area contributed by atoms with E-state index in [1.807, 2.05) is 0 Å². The summed E-state index contributed by atoms with van der Waals surface area (Å²) in [5.41, 5.74) is -0.236.